The van der Waals surface area contributed by atoms with Crippen LogP contribution >= 0.6 is 0 Å². The number of H-pyrrole nitrogens is 1. The smallest absolute Gasteiger partial charge is 0.153 e. The minimum atomic E-state index is 0.467. The Morgan fingerprint density at radius 1 is 0.909 bits per heavy atom. The number of ether oxygens (including phenoxy) is 3. The van der Waals surface area contributed by atoms with Gasteiger partial charge in [0, 0.05) is 86.8 Å². The van der Waals surface area contributed by atoms with Crippen molar-refractivity contribution < 1.29 is 19.0 Å². The van der Waals surface area contributed by atoms with E-state index < -0.39 is 0 Å². The summed E-state index contributed by atoms with van der Waals surface area (Å²) in [4.78, 5) is 27.0. The first-order chi connectivity index (χ1) is 21.5. The van der Waals surface area contributed by atoms with Crippen LogP contribution in [0.4, 0.5) is 5.69 Å². The summed E-state index contributed by atoms with van der Waals surface area (Å²) in [5.41, 5.74) is 4.15. The highest BCUT2D eigenvalue weighted by Gasteiger charge is 2.48. The molecule has 2 saturated heterocycles. The number of anilines is 1. The Bertz CT molecular complexity index is 1610. The van der Waals surface area contributed by atoms with Gasteiger partial charge in [0.2, 0.25) is 0 Å². The monoisotopic (exact) mass is 595 g/mol. The van der Waals surface area contributed by atoms with Gasteiger partial charge in [-0.25, -0.2) is 4.98 Å². The van der Waals surface area contributed by atoms with Crippen LogP contribution in [0, 0.1) is 5.41 Å². The summed E-state index contributed by atoms with van der Waals surface area (Å²) in [5.74, 6) is 2.92. The highest BCUT2D eigenvalue weighted by atomic mass is 16.5. The molecule has 4 heterocycles. The predicted molar refractivity (Wildman–Crippen MR) is 171 cm³/mol. The van der Waals surface area contributed by atoms with Crippen LogP contribution in [0.5, 0.6) is 23.0 Å². The molecule has 3 aliphatic rings. The van der Waals surface area contributed by atoms with Crippen LogP contribution in [-0.2, 0) is 6.54 Å². The standard InChI is InChI=1S/C35H41N5O4/c1-42-30-6-4-26(32(19-30)43-2)23-38-13-15-40(16-14-38)29-20-35(21-29)8-11-39(12-9-35)28-5-3-27(24-41)33(18-28)44-31-17-25-7-10-36-34(25)37-22-31/h3-7,10,17-19,22,24,29H,8-9,11-16,20-21,23H2,1-2H3,(H,36,37). The lowest BCUT2D eigenvalue weighted by Gasteiger charge is -2.56. The summed E-state index contributed by atoms with van der Waals surface area (Å²) < 4.78 is 17.1. The van der Waals surface area contributed by atoms with Crippen molar-refractivity contribution in [3.05, 3.63) is 72.1 Å². The number of pyridine rings is 1. The highest BCUT2D eigenvalue weighted by Crippen LogP contribution is 2.51. The Morgan fingerprint density at radius 3 is 2.48 bits per heavy atom. The van der Waals surface area contributed by atoms with E-state index in [0.717, 1.165) is 80.3 Å². The third-order valence-electron chi connectivity index (χ3n) is 10.1. The number of aromatic amines is 1. The van der Waals surface area contributed by atoms with E-state index in [0.29, 0.717) is 28.5 Å². The molecule has 0 amide bonds. The Morgan fingerprint density at radius 2 is 1.73 bits per heavy atom. The van der Waals surface area contributed by atoms with Crippen molar-refractivity contribution in [1.82, 2.24) is 19.8 Å². The number of piperidine rings is 1. The Hall–Kier alpha value is -4.08. The van der Waals surface area contributed by atoms with Gasteiger partial charge in [0.1, 0.15) is 28.6 Å². The van der Waals surface area contributed by atoms with Crippen LogP contribution < -0.4 is 19.1 Å². The van der Waals surface area contributed by atoms with E-state index in [1.807, 2.05) is 48.7 Å². The minimum absolute atomic E-state index is 0.467. The van der Waals surface area contributed by atoms with Crippen LogP contribution in [-0.4, -0.2) is 85.6 Å². The van der Waals surface area contributed by atoms with Crippen LogP contribution in [0.3, 0.4) is 0 Å². The Labute approximate surface area is 258 Å². The van der Waals surface area contributed by atoms with Gasteiger partial charge in [-0.05, 0) is 61.4 Å². The number of piperazine rings is 1. The quantitative estimate of drug-likeness (QED) is 0.245. The van der Waals surface area contributed by atoms with Crippen molar-refractivity contribution >= 4 is 23.0 Å². The zero-order valence-electron chi connectivity index (χ0n) is 25.6. The molecule has 1 N–H and O–H groups in total. The lowest BCUT2D eigenvalue weighted by Crippen LogP contribution is -2.59. The average molecular weight is 596 g/mol. The van der Waals surface area contributed by atoms with E-state index in [4.69, 9.17) is 14.2 Å². The van der Waals surface area contributed by atoms with E-state index in [9.17, 15) is 4.79 Å². The second-order valence-corrected chi connectivity index (χ2v) is 12.6. The molecule has 7 rings (SSSR count). The summed E-state index contributed by atoms with van der Waals surface area (Å²) in [6, 6.07) is 16.6. The molecular weight excluding hydrogens is 554 g/mol. The normalized spacial score (nSPS) is 19.2. The third-order valence-corrected chi connectivity index (χ3v) is 10.1. The minimum Gasteiger partial charge on any atom is -0.497 e. The first kappa shape index (κ1) is 28.7. The van der Waals surface area contributed by atoms with Gasteiger partial charge in [0.05, 0.1) is 26.0 Å². The average Bonchev–Trinajstić information content (AvgIpc) is 3.52. The van der Waals surface area contributed by atoms with Crippen molar-refractivity contribution in [3.63, 3.8) is 0 Å². The lowest BCUT2D eigenvalue weighted by molar-refractivity contribution is -0.0356. The largest absolute Gasteiger partial charge is 0.497 e. The summed E-state index contributed by atoms with van der Waals surface area (Å²) in [5, 5.41) is 0.975. The molecule has 0 radical (unpaired) electrons. The summed E-state index contributed by atoms with van der Waals surface area (Å²) in [6.45, 7) is 7.39. The fraction of sp³-hybridized carbons (Fsp3) is 0.429. The van der Waals surface area contributed by atoms with E-state index in [-0.39, 0.29) is 0 Å². The van der Waals surface area contributed by atoms with E-state index in [1.165, 1.54) is 31.2 Å². The number of rotatable bonds is 9. The number of hydrogen-bond donors (Lipinski definition) is 1. The van der Waals surface area contributed by atoms with Crippen molar-refractivity contribution in [2.75, 3.05) is 58.4 Å². The van der Waals surface area contributed by atoms with Crippen molar-refractivity contribution in [2.24, 2.45) is 5.41 Å². The number of hydrogen-bond acceptors (Lipinski definition) is 8. The second-order valence-electron chi connectivity index (χ2n) is 12.6. The molecule has 4 aromatic rings. The number of carbonyl (C=O) groups excluding carboxylic acids is 1. The Kier molecular flexibility index (Phi) is 7.91. The summed E-state index contributed by atoms with van der Waals surface area (Å²) in [7, 11) is 3.42. The number of benzene rings is 2. The first-order valence-corrected chi connectivity index (χ1v) is 15.7. The number of nitrogens with one attached hydrogen (secondary N) is 1. The molecule has 1 spiro atoms. The van der Waals surface area contributed by atoms with E-state index in [1.54, 1.807) is 20.4 Å². The SMILES string of the molecule is COc1ccc(CN2CCN(C3CC4(CCN(c5ccc(C=O)c(Oc6cnc7[nH]ccc7c6)c5)CC4)C3)CC2)c(OC)c1. The maximum atomic E-state index is 11.8. The molecule has 3 fully saturated rings. The topological polar surface area (TPSA) is 83.2 Å². The van der Waals surface area contributed by atoms with E-state index >= 15 is 0 Å². The molecule has 0 unspecified atom stereocenters. The molecule has 230 valence electrons. The molecule has 1 aliphatic carbocycles. The van der Waals surface area contributed by atoms with Crippen LogP contribution in [0.25, 0.3) is 11.0 Å². The van der Waals surface area contributed by atoms with E-state index in [2.05, 4.69) is 30.7 Å². The molecule has 9 nitrogen and oxygen atoms in total. The Balaban J connectivity index is 0.909. The second kappa shape index (κ2) is 12.1. The molecule has 0 atom stereocenters. The summed E-state index contributed by atoms with van der Waals surface area (Å²) >= 11 is 0. The summed E-state index contributed by atoms with van der Waals surface area (Å²) in [6.07, 6.45) is 9.43. The van der Waals surface area contributed by atoms with Crippen molar-refractivity contribution in [2.45, 2.75) is 38.3 Å². The fourth-order valence-electron chi connectivity index (χ4n) is 7.36. The van der Waals surface area contributed by atoms with Crippen molar-refractivity contribution in [3.8, 4) is 23.0 Å². The van der Waals surface area contributed by atoms with Gasteiger partial charge in [-0.3, -0.25) is 14.6 Å². The van der Waals surface area contributed by atoms with Gasteiger partial charge >= 0.3 is 0 Å². The van der Waals surface area contributed by atoms with Gasteiger partial charge in [-0.1, -0.05) is 6.07 Å². The molecule has 2 aliphatic heterocycles. The van der Waals surface area contributed by atoms with Crippen LogP contribution in [0.15, 0.2) is 60.9 Å². The van der Waals surface area contributed by atoms with Gasteiger partial charge in [0.25, 0.3) is 0 Å². The van der Waals surface area contributed by atoms with Gasteiger partial charge < -0.3 is 24.1 Å². The zero-order chi connectivity index (χ0) is 30.1. The van der Waals surface area contributed by atoms with Crippen LogP contribution in [0.2, 0.25) is 0 Å². The van der Waals surface area contributed by atoms with Gasteiger partial charge in [-0.2, -0.15) is 0 Å². The number of nitrogens with zero attached hydrogens (tertiary/aromatic N) is 4. The maximum absolute atomic E-state index is 11.8. The molecular formula is C35H41N5O4. The third kappa shape index (κ3) is 5.74. The number of methoxy groups -OCH3 is 2. The zero-order valence-corrected chi connectivity index (χ0v) is 25.6. The lowest BCUT2D eigenvalue weighted by atomic mass is 9.60. The van der Waals surface area contributed by atoms with Crippen molar-refractivity contribution in [1.29, 1.82) is 0 Å². The maximum Gasteiger partial charge on any atom is 0.153 e. The molecule has 0 bridgehead atoms. The molecule has 9 heteroatoms. The molecule has 2 aromatic carbocycles. The van der Waals surface area contributed by atoms with Gasteiger partial charge in [0.15, 0.2) is 6.29 Å². The number of fused-ring (bicyclic) bond motifs is 1. The highest BCUT2D eigenvalue weighted by molar-refractivity contribution is 5.81. The number of carbonyl (C=O) groups is 1. The van der Waals surface area contributed by atoms with Gasteiger partial charge in [-0.15, -0.1) is 0 Å². The molecule has 2 aromatic heterocycles. The van der Waals surface area contributed by atoms with Crippen LogP contribution in [0.1, 0.15) is 41.6 Å². The molecule has 44 heavy (non-hydrogen) atoms. The first-order valence-electron chi connectivity index (χ1n) is 15.7. The molecule has 1 saturated carbocycles. The predicted octanol–water partition coefficient (Wildman–Crippen LogP) is 5.75. The fourth-order valence-corrected chi connectivity index (χ4v) is 7.36. The number of aromatic nitrogens is 2. The number of aldehydes is 1.